The molecule has 1 aromatic rings. The first kappa shape index (κ1) is 17.5. The summed E-state index contributed by atoms with van der Waals surface area (Å²) in [7, 11) is 0. The summed E-state index contributed by atoms with van der Waals surface area (Å²) in [6.45, 7) is 12.0. The van der Waals surface area contributed by atoms with Crippen LogP contribution in [0.25, 0.3) is 6.08 Å². The normalized spacial score (nSPS) is 17.2. The highest BCUT2D eigenvalue weighted by Crippen LogP contribution is 2.13. The fraction of sp³-hybridized carbons (Fsp3) is 0.526. The van der Waals surface area contributed by atoms with Gasteiger partial charge in [-0.1, -0.05) is 42.0 Å². The van der Waals surface area contributed by atoms with E-state index in [1.165, 1.54) is 11.1 Å². The molecule has 4 heteroatoms. The molecule has 2 rings (SSSR count). The summed E-state index contributed by atoms with van der Waals surface area (Å²) in [6.07, 6.45) is 2.02. The van der Waals surface area contributed by atoms with Crippen LogP contribution in [-0.2, 0) is 4.74 Å². The van der Waals surface area contributed by atoms with Crippen LogP contribution in [-0.4, -0.2) is 54.2 Å². The van der Waals surface area contributed by atoms with Gasteiger partial charge in [0.25, 0.3) is 0 Å². The summed E-state index contributed by atoms with van der Waals surface area (Å²) in [5.41, 5.74) is 2.14. The van der Waals surface area contributed by atoms with E-state index in [2.05, 4.69) is 42.2 Å². The monoisotopic (exact) mass is 316 g/mol. The number of carbonyl (C=O) groups excluding carboxylic acids is 1. The minimum absolute atomic E-state index is 0.200. The van der Waals surface area contributed by atoms with E-state index in [0.29, 0.717) is 0 Å². The Bertz CT molecular complexity index is 538. The predicted octanol–water partition coefficient (Wildman–Crippen LogP) is 3.64. The second kappa shape index (κ2) is 7.64. The minimum atomic E-state index is -0.427. The Hall–Kier alpha value is -1.81. The van der Waals surface area contributed by atoms with Gasteiger partial charge < -0.3 is 9.64 Å². The summed E-state index contributed by atoms with van der Waals surface area (Å²) < 4.78 is 5.43. The van der Waals surface area contributed by atoms with Crippen LogP contribution < -0.4 is 0 Å². The number of hydrogen-bond acceptors (Lipinski definition) is 3. The largest absolute Gasteiger partial charge is 0.444 e. The molecule has 0 N–H and O–H groups in total. The molecule has 1 saturated heterocycles. The lowest BCUT2D eigenvalue weighted by Crippen LogP contribution is -2.50. The molecular weight excluding hydrogens is 288 g/mol. The summed E-state index contributed by atoms with van der Waals surface area (Å²) in [5, 5.41) is 0. The molecule has 1 aliphatic rings. The maximum Gasteiger partial charge on any atom is 0.410 e. The van der Waals surface area contributed by atoms with Crippen LogP contribution in [0.4, 0.5) is 4.79 Å². The van der Waals surface area contributed by atoms with E-state index in [4.69, 9.17) is 4.74 Å². The van der Waals surface area contributed by atoms with Crippen LogP contribution in [0.3, 0.4) is 0 Å². The average molecular weight is 316 g/mol. The molecule has 1 aromatic carbocycles. The number of benzene rings is 1. The van der Waals surface area contributed by atoms with Crippen LogP contribution in [0.2, 0.25) is 0 Å². The lowest BCUT2D eigenvalue weighted by Gasteiger charge is -2.35. The Kier molecular flexibility index (Phi) is 5.83. The van der Waals surface area contributed by atoms with Gasteiger partial charge >= 0.3 is 6.09 Å². The van der Waals surface area contributed by atoms with Crippen molar-refractivity contribution in [3.05, 3.63) is 41.5 Å². The van der Waals surface area contributed by atoms with E-state index in [9.17, 15) is 4.79 Å². The van der Waals surface area contributed by atoms with E-state index in [1.54, 1.807) is 4.90 Å². The van der Waals surface area contributed by atoms with Gasteiger partial charge in [-0.25, -0.2) is 4.79 Å². The van der Waals surface area contributed by atoms with Crippen molar-refractivity contribution in [2.45, 2.75) is 33.3 Å². The zero-order valence-electron chi connectivity index (χ0n) is 14.7. The van der Waals surface area contributed by atoms with Crippen molar-refractivity contribution in [2.75, 3.05) is 32.7 Å². The summed E-state index contributed by atoms with van der Waals surface area (Å²) in [6, 6.07) is 10.4. The third kappa shape index (κ3) is 6.06. The molecule has 1 amide bonds. The van der Waals surface area contributed by atoms with Gasteiger partial charge in [-0.05, 0) is 33.3 Å². The Balaban J connectivity index is 1.81. The van der Waals surface area contributed by atoms with Crippen molar-refractivity contribution in [3.63, 3.8) is 0 Å². The zero-order valence-corrected chi connectivity index (χ0v) is 14.7. The second-order valence-corrected chi connectivity index (χ2v) is 7.14. The Morgan fingerprint density at radius 2 is 1.74 bits per heavy atom. The average Bonchev–Trinajstić information content (AvgIpc) is 2.47. The van der Waals surface area contributed by atoms with Gasteiger partial charge in [0.2, 0.25) is 0 Å². The van der Waals surface area contributed by atoms with Gasteiger partial charge in [0.15, 0.2) is 0 Å². The molecule has 4 nitrogen and oxygen atoms in total. The first-order valence-corrected chi connectivity index (χ1v) is 8.26. The third-order valence-corrected chi connectivity index (χ3v) is 3.71. The molecule has 1 fully saturated rings. The van der Waals surface area contributed by atoms with Crippen LogP contribution in [0.5, 0.6) is 0 Å². The molecule has 1 heterocycles. The topological polar surface area (TPSA) is 32.8 Å². The van der Waals surface area contributed by atoms with Gasteiger partial charge in [0, 0.05) is 32.7 Å². The lowest BCUT2D eigenvalue weighted by atomic mass is 10.1. The van der Waals surface area contributed by atoms with Crippen molar-refractivity contribution < 1.29 is 9.53 Å². The van der Waals surface area contributed by atoms with E-state index >= 15 is 0 Å². The van der Waals surface area contributed by atoms with Gasteiger partial charge in [0.1, 0.15) is 5.60 Å². The molecule has 0 radical (unpaired) electrons. The number of carbonyl (C=O) groups is 1. The van der Waals surface area contributed by atoms with E-state index < -0.39 is 5.60 Å². The molecule has 0 unspecified atom stereocenters. The molecule has 0 atom stereocenters. The summed E-state index contributed by atoms with van der Waals surface area (Å²) >= 11 is 0. The highest BCUT2D eigenvalue weighted by Gasteiger charge is 2.25. The first-order valence-electron chi connectivity index (χ1n) is 8.26. The van der Waals surface area contributed by atoms with Crippen molar-refractivity contribution in [3.8, 4) is 0 Å². The third-order valence-electron chi connectivity index (χ3n) is 3.71. The maximum atomic E-state index is 12.1. The Labute approximate surface area is 139 Å². The molecule has 0 aromatic heterocycles. The summed E-state index contributed by atoms with van der Waals surface area (Å²) in [5.74, 6) is 0. The molecule has 0 spiro atoms. The highest BCUT2D eigenvalue weighted by molar-refractivity contribution is 5.68. The molecule has 0 bridgehead atoms. The molecule has 0 aliphatic carbocycles. The SMILES string of the molecule is CC(=Cc1ccccc1)CN1CCN(C(=O)OC(C)(C)C)CC1. The number of ether oxygens (including phenoxy) is 1. The zero-order chi connectivity index (χ0) is 16.9. The lowest BCUT2D eigenvalue weighted by molar-refractivity contribution is 0.0152. The van der Waals surface area contributed by atoms with Gasteiger partial charge in [0.05, 0.1) is 0 Å². The number of nitrogens with zero attached hydrogens (tertiary/aromatic N) is 2. The van der Waals surface area contributed by atoms with Crippen molar-refractivity contribution in [1.29, 1.82) is 0 Å². The van der Waals surface area contributed by atoms with Gasteiger partial charge in [-0.3, -0.25) is 4.90 Å². The van der Waals surface area contributed by atoms with Gasteiger partial charge in [-0.2, -0.15) is 0 Å². The van der Waals surface area contributed by atoms with Crippen LogP contribution in [0, 0.1) is 0 Å². The number of amides is 1. The number of piperazine rings is 1. The smallest absolute Gasteiger partial charge is 0.410 e. The highest BCUT2D eigenvalue weighted by atomic mass is 16.6. The fourth-order valence-corrected chi connectivity index (χ4v) is 2.65. The fourth-order valence-electron chi connectivity index (χ4n) is 2.65. The Morgan fingerprint density at radius 3 is 2.30 bits per heavy atom. The van der Waals surface area contributed by atoms with Crippen molar-refractivity contribution in [1.82, 2.24) is 9.80 Å². The standard InChI is InChI=1S/C19H28N2O2/c1-16(14-17-8-6-5-7-9-17)15-20-10-12-21(13-11-20)18(22)23-19(2,3)4/h5-9,14H,10-13,15H2,1-4H3. The molecule has 126 valence electrons. The maximum absolute atomic E-state index is 12.1. The molecule has 0 saturated carbocycles. The predicted molar refractivity (Wildman–Crippen MR) is 94.3 cm³/mol. The van der Waals surface area contributed by atoms with Crippen molar-refractivity contribution >= 4 is 12.2 Å². The molecule has 1 aliphatic heterocycles. The summed E-state index contributed by atoms with van der Waals surface area (Å²) in [4.78, 5) is 16.2. The molecular formula is C19H28N2O2. The van der Waals surface area contributed by atoms with E-state index in [1.807, 2.05) is 26.8 Å². The van der Waals surface area contributed by atoms with Crippen molar-refractivity contribution in [2.24, 2.45) is 0 Å². The number of hydrogen-bond donors (Lipinski definition) is 0. The molecule has 23 heavy (non-hydrogen) atoms. The van der Waals surface area contributed by atoms with E-state index in [-0.39, 0.29) is 6.09 Å². The Morgan fingerprint density at radius 1 is 1.13 bits per heavy atom. The second-order valence-electron chi connectivity index (χ2n) is 7.14. The van der Waals surface area contributed by atoms with Crippen LogP contribution in [0.1, 0.15) is 33.3 Å². The van der Waals surface area contributed by atoms with Crippen LogP contribution in [0.15, 0.2) is 35.9 Å². The number of rotatable bonds is 3. The van der Waals surface area contributed by atoms with Crippen LogP contribution >= 0.6 is 0 Å². The first-order chi connectivity index (χ1) is 10.8. The van der Waals surface area contributed by atoms with E-state index in [0.717, 1.165) is 32.7 Å². The van der Waals surface area contributed by atoms with Gasteiger partial charge in [-0.15, -0.1) is 0 Å². The minimum Gasteiger partial charge on any atom is -0.444 e. The quantitative estimate of drug-likeness (QED) is 0.853.